The first-order chi connectivity index (χ1) is 7.59. The first-order valence-corrected chi connectivity index (χ1v) is 6.22. The number of halogens is 1. The summed E-state index contributed by atoms with van der Waals surface area (Å²) in [6.45, 7) is 1.71. The highest BCUT2D eigenvalue weighted by Gasteiger charge is 2.35. The van der Waals surface area contributed by atoms with E-state index in [2.05, 4.69) is 15.9 Å². The Bertz CT molecular complexity index is 435. The third kappa shape index (κ3) is 2.40. The van der Waals surface area contributed by atoms with E-state index in [9.17, 15) is 9.59 Å². The molecular formula is C13H13BrO2. The zero-order chi connectivity index (χ0) is 11.7. The van der Waals surface area contributed by atoms with Gasteiger partial charge in [-0.2, -0.15) is 0 Å². The van der Waals surface area contributed by atoms with Crippen LogP contribution in [0.4, 0.5) is 0 Å². The van der Waals surface area contributed by atoms with E-state index >= 15 is 0 Å². The Morgan fingerprint density at radius 2 is 2.06 bits per heavy atom. The van der Waals surface area contributed by atoms with Crippen molar-refractivity contribution in [1.82, 2.24) is 0 Å². The number of carbonyl (C=O) groups is 2. The van der Waals surface area contributed by atoms with Crippen molar-refractivity contribution < 1.29 is 9.59 Å². The van der Waals surface area contributed by atoms with Crippen molar-refractivity contribution in [1.29, 1.82) is 0 Å². The third-order valence-electron chi connectivity index (χ3n) is 2.91. The van der Waals surface area contributed by atoms with Gasteiger partial charge in [-0.25, -0.2) is 0 Å². The van der Waals surface area contributed by atoms with Crippen LogP contribution in [0.1, 0.15) is 30.1 Å². The zero-order valence-corrected chi connectivity index (χ0v) is 10.7. The highest BCUT2D eigenvalue weighted by atomic mass is 79.9. The normalized spacial score (nSPS) is 16.9. The molecule has 16 heavy (non-hydrogen) atoms. The maximum atomic E-state index is 12.0. The standard InChI is InChI=1S/C13H13BrO2/c1-8(12(15)9-5-6-9)13(16)10-3-2-4-11(14)7-10/h2-4,7-9H,5-6H2,1H3. The van der Waals surface area contributed by atoms with E-state index in [-0.39, 0.29) is 17.5 Å². The van der Waals surface area contributed by atoms with Crippen LogP contribution < -0.4 is 0 Å². The summed E-state index contributed by atoms with van der Waals surface area (Å²) >= 11 is 3.32. The predicted molar refractivity (Wildman–Crippen MR) is 65.4 cm³/mol. The van der Waals surface area contributed by atoms with Crippen LogP contribution in [0.5, 0.6) is 0 Å². The molecule has 1 aliphatic carbocycles. The van der Waals surface area contributed by atoms with Crippen molar-refractivity contribution in [3.05, 3.63) is 34.3 Å². The second-order valence-electron chi connectivity index (χ2n) is 4.27. The Labute approximate surface area is 103 Å². The molecule has 1 saturated carbocycles. The average molecular weight is 281 g/mol. The molecule has 1 aliphatic rings. The van der Waals surface area contributed by atoms with Crippen LogP contribution in [0.15, 0.2) is 28.7 Å². The van der Waals surface area contributed by atoms with Gasteiger partial charge in [0.1, 0.15) is 5.78 Å². The van der Waals surface area contributed by atoms with Gasteiger partial charge in [-0.3, -0.25) is 9.59 Å². The van der Waals surface area contributed by atoms with Crippen molar-refractivity contribution >= 4 is 27.5 Å². The molecule has 0 bridgehead atoms. The lowest BCUT2D eigenvalue weighted by molar-refractivity contribution is -0.122. The second kappa shape index (κ2) is 4.50. The molecule has 1 atom stereocenters. The van der Waals surface area contributed by atoms with Crippen molar-refractivity contribution in [2.24, 2.45) is 11.8 Å². The fourth-order valence-corrected chi connectivity index (χ4v) is 2.14. The van der Waals surface area contributed by atoms with E-state index in [0.29, 0.717) is 5.56 Å². The van der Waals surface area contributed by atoms with Gasteiger partial charge in [-0.1, -0.05) is 28.1 Å². The van der Waals surface area contributed by atoms with Crippen LogP contribution in [0.25, 0.3) is 0 Å². The van der Waals surface area contributed by atoms with Gasteiger partial charge in [-0.15, -0.1) is 0 Å². The van der Waals surface area contributed by atoms with Gasteiger partial charge in [-0.05, 0) is 31.9 Å². The number of hydrogen-bond acceptors (Lipinski definition) is 2. The number of benzene rings is 1. The fraction of sp³-hybridized carbons (Fsp3) is 0.385. The number of Topliss-reactive ketones (excluding diaryl/α,β-unsaturated/α-hetero) is 2. The molecule has 0 heterocycles. The molecule has 0 radical (unpaired) electrons. The maximum Gasteiger partial charge on any atom is 0.173 e. The zero-order valence-electron chi connectivity index (χ0n) is 9.07. The molecule has 2 rings (SSSR count). The van der Waals surface area contributed by atoms with Crippen LogP contribution in [0, 0.1) is 11.8 Å². The Kier molecular flexibility index (Phi) is 3.24. The lowest BCUT2D eigenvalue weighted by atomic mass is 9.93. The predicted octanol–water partition coefficient (Wildman–Crippen LogP) is 3.25. The smallest absolute Gasteiger partial charge is 0.173 e. The molecule has 1 unspecified atom stereocenters. The average Bonchev–Trinajstić information content (AvgIpc) is 3.10. The van der Waals surface area contributed by atoms with Crippen LogP contribution in [0.2, 0.25) is 0 Å². The van der Waals surface area contributed by atoms with Gasteiger partial charge in [0.05, 0.1) is 5.92 Å². The number of ketones is 2. The molecule has 2 nitrogen and oxygen atoms in total. The monoisotopic (exact) mass is 280 g/mol. The van der Waals surface area contributed by atoms with E-state index in [4.69, 9.17) is 0 Å². The van der Waals surface area contributed by atoms with Gasteiger partial charge in [0.15, 0.2) is 5.78 Å². The molecule has 0 aromatic heterocycles. The molecule has 1 aromatic rings. The van der Waals surface area contributed by atoms with Crippen molar-refractivity contribution in [3.63, 3.8) is 0 Å². The molecule has 3 heteroatoms. The maximum absolute atomic E-state index is 12.0. The topological polar surface area (TPSA) is 34.1 Å². The Morgan fingerprint density at radius 1 is 1.38 bits per heavy atom. The molecule has 0 saturated heterocycles. The molecule has 1 aromatic carbocycles. The summed E-state index contributed by atoms with van der Waals surface area (Å²) in [6.07, 6.45) is 1.91. The van der Waals surface area contributed by atoms with Gasteiger partial charge in [0.25, 0.3) is 0 Å². The largest absolute Gasteiger partial charge is 0.299 e. The van der Waals surface area contributed by atoms with Crippen LogP contribution >= 0.6 is 15.9 Å². The summed E-state index contributed by atoms with van der Waals surface area (Å²) in [5.74, 6) is -0.323. The van der Waals surface area contributed by atoms with Crippen molar-refractivity contribution in [2.45, 2.75) is 19.8 Å². The molecule has 1 fully saturated rings. The van der Waals surface area contributed by atoms with Gasteiger partial charge in [0.2, 0.25) is 0 Å². The van der Waals surface area contributed by atoms with Crippen molar-refractivity contribution in [3.8, 4) is 0 Å². The summed E-state index contributed by atoms with van der Waals surface area (Å²) in [4.78, 5) is 23.8. The highest BCUT2D eigenvalue weighted by Crippen LogP contribution is 2.33. The van der Waals surface area contributed by atoms with E-state index < -0.39 is 5.92 Å². The number of hydrogen-bond donors (Lipinski definition) is 0. The summed E-state index contributed by atoms with van der Waals surface area (Å²) in [5, 5.41) is 0. The minimum absolute atomic E-state index is 0.0711. The molecule has 84 valence electrons. The molecule has 0 amide bonds. The Hall–Kier alpha value is -0.960. The Morgan fingerprint density at radius 3 is 2.62 bits per heavy atom. The minimum atomic E-state index is -0.498. The van der Waals surface area contributed by atoms with E-state index in [1.54, 1.807) is 19.1 Å². The summed E-state index contributed by atoms with van der Waals surface area (Å²) in [5.41, 5.74) is 0.607. The first kappa shape index (κ1) is 11.5. The summed E-state index contributed by atoms with van der Waals surface area (Å²) < 4.78 is 0.865. The minimum Gasteiger partial charge on any atom is -0.299 e. The number of carbonyl (C=O) groups excluding carboxylic acids is 2. The SMILES string of the molecule is CC(C(=O)c1cccc(Br)c1)C(=O)C1CC1. The van der Waals surface area contributed by atoms with Crippen LogP contribution in [-0.2, 0) is 4.79 Å². The lowest BCUT2D eigenvalue weighted by Crippen LogP contribution is -2.22. The number of rotatable bonds is 4. The quantitative estimate of drug-likeness (QED) is 0.627. The van der Waals surface area contributed by atoms with Crippen LogP contribution in [-0.4, -0.2) is 11.6 Å². The van der Waals surface area contributed by atoms with Crippen molar-refractivity contribution in [2.75, 3.05) is 0 Å². The third-order valence-corrected chi connectivity index (χ3v) is 3.40. The molecule has 0 spiro atoms. The van der Waals surface area contributed by atoms with E-state index in [1.165, 1.54) is 0 Å². The fourth-order valence-electron chi connectivity index (χ4n) is 1.74. The summed E-state index contributed by atoms with van der Waals surface area (Å²) in [7, 11) is 0. The second-order valence-corrected chi connectivity index (χ2v) is 5.19. The van der Waals surface area contributed by atoms with E-state index in [0.717, 1.165) is 17.3 Å². The highest BCUT2D eigenvalue weighted by molar-refractivity contribution is 9.10. The molecule has 0 N–H and O–H groups in total. The van der Waals surface area contributed by atoms with Gasteiger partial charge < -0.3 is 0 Å². The summed E-state index contributed by atoms with van der Waals surface area (Å²) in [6, 6.07) is 7.19. The first-order valence-electron chi connectivity index (χ1n) is 5.43. The molecule has 0 aliphatic heterocycles. The Balaban J connectivity index is 2.14. The lowest BCUT2D eigenvalue weighted by Gasteiger charge is -2.08. The van der Waals surface area contributed by atoms with E-state index in [1.807, 2.05) is 12.1 Å². The van der Waals surface area contributed by atoms with Gasteiger partial charge in [0, 0.05) is 16.0 Å². The van der Waals surface area contributed by atoms with Gasteiger partial charge >= 0.3 is 0 Å². The molecular weight excluding hydrogens is 268 g/mol. The van der Waals surface area contributed by atoms with Crippen LogP contribution in [0.3, 0.4) is 0 Å².